The number of H-pyrrole nitrogens is 1. The average molecular weight is 243 g/mol. The van der Waals surface area contributed by atoms with Crippen molar-refractivity contribution in [3.63, 3.8) is 0 Å². The number of hydrogen-bond acceptors (Lipinski definition) is 1. The smallest absolute Gasteiger partial charge is 0.0613 e. The van der Waals surface area contributed by atoms with Crippen LogP contribution in [-0.4, -0.2) is 11.0 Å². The highest BCUT2D eigenvalue weighted by Gasteiger charge is 2.08. The first-order valence-corrected chi connectivity index (χ1v) is 5.54. The Labute approximate surface area is 98.4 Å². The Bertz CT molecular complexity index is 489. The molecule has 2 nitrogen and oxygen atoms in total. The van der Waals surface area contributed by atoms with Gasteiger partial charge >= 0.3 is 0 Å². The molecule has 1 unspecified atom stereocenters. The van der Waals surface area contributed by atoms with Crippen LogP contribution in [-0.2, 0) is 6.42 Å². The molecule has 3 N–H and O–H groups in total. The summed E-state index contributed by atoms with van der Waals surface area (Å²) in [4.78, 5) is 3.16. The molecule has 0 amide bonds. The van der Waals surface area contributed by atoms with Crippen molar-refractivity contribution in [3.05, 3.63) is 33.9 Å². The van der Waals surface area contributed by atoms with Gasteiger partial charge in [-0.1, -0.05) is 23.2 Å². The topological polar surface area (TPSA) is 41.8 Å². The quantitative estimate of drug-likeness (QED) is 0.834. The molecule has 1 atom stereocenters. The molecule has 80 valence electrons. The van der Waals surface area contributed by atoms with Gasteiger partial charge in [0.1, 0.15) is 0 Å². The molecular weight excluding hydrogens is 231 g/mol. The number of hydrogen-bond donors (Lipinski definition) is 2. The Morgan fingerprint density at radius 3 is 2.67 bits per heavy atom. The van der Waals surface area contributed by atoms with Gasteiger partial charge in [0.2, 0.25) is 0 Å². The van der Waals surface area contributed by atoms with E-state index in [2.05, 4.69) is 4.98 Å². The van der Waals surface area contributed by atoms with E-state index in [0.29, 0.717) is 10.0 Å². The van der Waals surface area contributed by atoms with Crippen molar-refractivity contribution in [3.8, 4) is 0 Å². The van der Waals surface area contributed by atoms with Gasteiger partial charge in [0, 0.05) is 23.1 Å². The van der Waals surface area contributed by atoms with Crippen LogP contribution in [0, 0.1) is 0 Å². The van der Waals surface area contributed by atoms with Gasteiger partial charge in [-0.2, -0.15) is 0 Å². The minimum absolute atomic E-state index is 0.137. The van der Waals surface area contributed by atoms with Gasteiger partial charge in [0.25, 0.3) is 0 Å². The molecule has 0 aliphatic carbocycles. The maximum absolute atomic E-state index is 5.98. The van der Waals surface area contributed by atoms with Crippen LogP contribution in [0.5, 0.6) is 0 Å². The summed E-state index contributed by atoms with van der Waals surface area (Å²) in [7, 11) is 0. The number of aromatic amines is 1. The van der Waals surface area contributed by atoms with E-state index in [-0.39, 0.29) is 6.04 Å². The molecule has 0 aliphatic heterocycles. The van der Waals surface area contributed by atoms with E-state index in [1.807, 2.05) is 25.3 Å². The van der Waals surface area contributed by atoms with E-state index in [4.69, 9.17) is 28.9 Å². The number of nitrogens with two attached hydrogens (primary N) is 1. The molecule has 2 aromatic rings. The van der Waals surface area contributed by atoms with Gasteiger partial charge in [-0.15, -0.1) is 0 Å². The van der Waals surface area contributed by atoms with Gasteiger partial charge in [0.05, 0.1) is 10.0 Å². The van der Waals surface area contributed by atoms with Crippen molar-refractivity contribution in [2.45, 2.75) is 19.4 Å². The molecule has 1 aromatic carbocycles. The van der Waals surface area contributed by atoms with Gasteiger partial charge < -0.3 is 10.7 Å². The highest BCUT2D eigenvalue weighted by atomic mass is 35.5. The second kappa shape index (κ2) is 4.05. The van der Waals surface area contributed by atoms with Crippen LogP contribution < -0.4 is 5.73 Å². The lowest BCUT2D eigenvalue weighted by Gasteiger charge is -2.03. The highest BCUT2D eigenvalue weighted by molar-refractivity contribution is 6.42. The third kappa shape index (κ3) is 2.12. The van der Waals surface area contributed by atoms with E-state index in [0.717, 1.165) is 17.3 Å². The van der Waals surface area contributed by atoms with E-state index >= 15 is 0 Å². The predicted octanol–water partition coefficient (Wildman–Crippen LogP) is 3.36. The standard InChI is InChI=1S/C11H12Cl2N2/c1-6(14)2-7-5-15-11-4-10(13)9(12)3-8(7)11/h3-6,15H,2,14H2,1H3. The number of fused-ring (bicyclic) bond motifs is 1. The minimum Gasteiger partial charge on any atom is -0.361 e. The lowest BCUT2D eigenvalue weighted by atomic mass is 10.1. The second-order valence-electron chi connectivity index (χ2n) is 3.81. The number of rotatable bonds is 2. The summed E-state index contributed by atoms with van der Waals surface area (Å²) in [5.74, 6) is 0. The van der Waals surface area contributed by atoms with Gasteiger partial charge in [-0.3, -0.25) is 0 Å². The molecule has 0 aliphatic rings. The molecule has 4 heteroatoms. The zero-order chi connectivity index (χ0) is 11.0. The Balaban J connectivity index is 2.54. The molecular formula is C11H12Cl2N2. The normalized spacial score (nSPS) is 13.3. The van der Waals surface area contributed by atoms with Gasteiger partial charge in [-0.25, -0.2) is 0 Å². The summed E-state index contributed by atoms with van der Waals surface area (Å²) < 4.78 is 0. The van der Waals surface area contributed by atoms with Gasteiger partial charge in [-0.05, 0) is 31.0 Å². The fourth-order valence-corrected chi connectivity index (χ4v) is 2.02. The van der Waals surface area contributed by atoms with Crippen LogP contribution in [0.25, 0.3) is 10.9 Å². The monoisotopic (exact) mass is 242 g/mol. The largest absolute Gasteiger partial charge is 0.361 e. The SMILES string of the molecule is CC(N)Cc1c[nH]c2cc(Cl)c(Cl)cc12. The number of nitrogens with one attached hydrogen (secondary N) is 1. The average Bonchev–Trinajstić information content (AvgIpc) is 2.49. The van der Waals surface area contributed by atoms with Crippen molar-refractivity contribution < 1.29 is 0 Å². The Morgan fingerprint density at radius 1 is 1.33 bits per heavy atom. The maximum Gasteiger partial charge on any atom is 0.0613 e. The zero-order valence-electron chi connectivity index (χ0n) is 8.35. The van der Waals surface area contributed by atoms with Crippen LogP contribution >= 0.6 is 23.2 Å². The Kier molecular flexibility index (Phi) is 2.91. The molecule has 0 fully saturated rings. The third-order valence-electron chi connectivity index (χ3n) is 2.35. The summed E-state index contributed by atoms with van der Waals surface area (Å²) in [5.41, 5.74) is 7.95. The van der Waals surface area contributed by atoms with E-state index in [1.54, 1.807) is 0 Å². The van der Waals surface area contributed by atoms with Crippen LogP contribution in [0.4, 0.5) is 0 Å². The van der Waals surface area contributed by atoms with Crippen molar-refractivity contribution in [2.24, 2.45) is 5.73 Å². The molecule has 1 aromatic heterocycles. The minimum atomic E-state index is 0.137. The summed E-state index contributed by atoms with van der Waals surface area (Å²) >= 11 is 11.9. The van der Waals surface area contributed by atoms with Gasteiger partial charge in [0.15, 0.2) is 0 Å². The van der Waals surface area contributed by atoms with E-state index in [1.165, 1.54) is 5.56 Å². The molecule has 0 radical (unpaired) electrons. The predicted molar refractivity (Wildman–Crippen MR) is 65.7 cm³/mol. The molecule has 0 bridgehead atoms. The second-order valence-corrected chi connectivity index (χ2v) is 4.62. The molecule has 0 saturated carbocycles. The first kappa shape index (κ1) is 10.8. The van der Waals surface area contributed by atoms with Crippen LogP contribution in [0.15, 0.2) is 18.3 Å². The number of aromatic nitrogens is 1. The third-order valence-corrected chi connectivity index (χ3v) is 3.07. The van der Waals surface area contributed by atoms with Crippen molar-refractivity contribution in [1.29, 1.82) is 0 Å². The van der Waals surface area contributed by atoms with Crippen LogP contribution in [0.3, 0.4) is 0 Å². The summed E-state index contributed by atoms with van der Waals surface area (Å²) in [6.45, 7) is 1.98. The maximum atomic E-state index is 5.98. The first-order chi connectivity index (χ1) is 7.08. The fraction of sp³-hybridized carbons (Fsp3) is 0.273. The summed E-state index contributed by atoms with van der Waals surface area (Å²) in [6.07, 6.45) is 2.79. The fourth-order valence-electron chi connectivity index (χ4n) is 1.69. The first-order valence-electron chi connectivity index (χ1n) is 4.78. The Morgan fingerprint density at radius 2 is 2.00 bits per heavy atom. The Hall–Kier alpha value is -0.700. The van der Waals surface area contributed by atoms with Crippen LogP contribution in [0.2, 0.25) is 10.0 Å². The number of benzene rings is 1. The van der Waals surface area contributed by atoms with E-state index < -0.39 is 0 Å². The lowest BCUT2D eigenvalue weighted by molar-refractivity contribution is 0.741. The van der Waals surface area contributed by atoms with Crippen molar-refractivity contribution in [1.82, 2.24) is 4.98 Å². The molecule has 0 saturated heterocycles. The summed E-state index contributed by atoms with van der Waals surface area (Å²) in [6, 6.07) is 3.86. The summed E-state index contributed by atoms with van der Waals surface area (Å²) in [5, 5.41) is 2.25. The molecule has 15 heavy (non-hydrogen) atoms. The molecule has 0 spiro atoms. The van der Waals surface area contributed by atoms with Crippen molar-refractivity contribution >= 4 is 34.1 Å². The van der Waals surface area contributed by atoms with E-state index in [9.17, 15) is 0 Å². The van der Waals surface area contributed by atoms with Crippen molar-refractivity contribution in [2.75, 3.05) is 0 Å². The highest BCUT2D eigenvalue weighted by Crippen LogP contribution is 2.29. The lowest BCUT2D eigenvalue weighted by Crippen LogP contribution is -2.17. The zero-order valence-corrected chi connectivity index (χ0v) is 9.86. The number of halogens is 2. The van der Waals surface area contributed by atoms with Crippen LogP contribution in [0.1, 0.15) is 12.5 Å². The molecule has 1 heterocycles. The molecule has 2 rings (SSSR count).